The Morgan fingerprint density at radius 3 is 2.39 bits per heavy atom. The molecule has 0 radical (unpaired) electrons. The third-order valence-corrected chi connectivity index (χ3v) is 3.18. The second-order valence-electron chi connectivity index (χ2n) is 4.19. The summed E-state index contributed by atoms with van der Waals surface area (Å²) in [6, 6.07) is 3.64. The fraction of sp³-hybridized carbons (Fsp3) is 0.308. The van der Waals surface area contributed by atoms with E-state index in [0.29, 0.717) is 12.5 Å². The van der Waals surface area contributed by atoms with Crippen LogP contribution in [0.25, 0.3) is 6.08 Å². The van der Waals surface area contributed by atoms with Gasteiger partial charge < -0.3 is 9.84 Å². The normalized spacial score (nSPS) is 11.2. The first-order valence-electron chi connectivity index (χ1n) is 5.43. The summed E-state index contributed by atoms with van der Waals surface area (Å²) < 4.78 is 7.26. The lowest BCUT2D eigenvalue weighted by Crippen LogP contribution is -2.05. The fourth-order valence-electron chi connectivity index (χ4n) is 1.23. The second-order valence-corrected chi connectivity index (χ2v) is 5.90. The van der Waals surface area contributed by atoms with E-state index in [0.717, 1.165) is 26.3 Å². The third-order valence-electron chi connectivity index (χ3n) is 2.00. The van der Waals surface area contributed by atoms with Gasteiger partial charge in [0.1, 0.15) is 5.75 Å². The topological polar surface area (TPSA) is 46.5 Å². The molecule has 0 saturated carbocycles. The minimum atomic E-state index is -0.970. The summed E-state index contributed by atoms with van der Waals surface area (Å²) in [4.78, 5) is 10.5. The second kappa shape index (κ2) is 6.95. The van der Waals surface area contributed by atoms with Crippen molar-refractivity contribution >= 4 is 43.9 Å². The largest absolute Gasteiger partial charge is 0.491 e. The number of benzene rings is 1. The highest BCUT2D eigenvalue weighted by molar-refractivity contribution is 9.11. The van der Waals surface area contributed by atoms with Crippen LogP contribution < -0.4 is 4.74 Å². The summed E-state index contributed by atoms with van der Waals surface area (Å²) in [5, 5.41) is 8.58. The van der Waals surface area contributed by atoms with Crippen molar-refractivity contribution in [2.24, 2.45) is 5.92 Å². The highest BCUT2D eigenvalue weighted by Gasteiger charge is 2.09. The molecule has 0 aliphatic carbocycles. The van der Waals surface area contributed by atoms with Crippen molar-refractivity contribution in [3.05, 3.63) is 32.7 Å². The Bertz CT molecular complexity index is 444. The summed E-state index contributed by atoms with van der Waals surface area (Å²) >= 11 is 6.84. The van der Waals surface area contributed by atoms with Crippen molar-refractivity contribution in [1.82, 2.24) is 0 Å². The molecule has 0 bridgehead atoms. The van der Waals surface area contributed by atoms with E-state index < -0.39 is 5.97 Å². The lowest BCUT2D eigenvalue weighted by Gasteiger charge is -2.12. The van der Waals surface area contributed by atoms with Gasteiger partial charge >= 0.3 is 5.97 Å². The maximum atomic E-state index is 10.5. The van der Waals surface area contributed by atoms with Crippen molar-refractivity contribution in [3.8, 4) is 5.75 Å². The third kappa shape index (κ3) is 4.82. The number of halogens is 2. The summed E-state index contributed by atoms with van der Waals surface area (Å²) in [7, 11) is 0. The van der Waals surface area contributed by atoms with E-state index in [-0.39, 0.29) is 0 Å². The average molecular weight is 378 g/mol. The van der Waals surface area contributed by atoms with Crippen molar-refractivity contribution in [2.45, 2.75) is 13.8 Å². The van der Waals surface area contributed by atoms with Crippen LogP contribution in [0.4, 0.5) is 0 Å². The Morgan fingerprint density at radius 1 is 1.39 bits per heavy atom. The summed E-state index contributed by atoms with van der Waals surface area (Å²) in [5.74, 6) is 0.203. The molecule has 5 heteroatoms. The van der Waals surface area contributed by atoms with Gasteiger partial charge in [-0.05, 0) is 61.5 Å². The number of aliphatic carboxylic acids is 1. The van der Waals surface area contributed by atoms with Gasteiger partial charge in [0.05, 0.1) is 15.6 Å². The molecule has 0 saturated heterocycles. The van der Waals surface area contributed by atoms with Crippen LogP contribution in [-0.4, -0.2) is 17.7 Å². The predicted octanol–water partition coefficient (Wildman–Crippen LogP) is 4.34. The molecule has 0 fully saturated rings. The Balaban J connectivity index is 2.93. The van der Waals surface area contributed by atoms with Crippen molar-refractivity contribution in [1.29, 1.82) is 0 Å². The first-order chi connectivity index (χ1) is 8.40. The van der Waals surface area contributed by atoms with Gasteiger partial charge in [0.15, 0.2) is 0 Å². The predicted molar refractivity (Wildman–Crippen MR) is 78.8 cm³/mol. The number of rotatable bonds is 5. The van der Waals surface area contributed by atoms with Crippen LogP contribution in [0.2, 0.25) is 0 Å². The molecule has 0 amide bonds. The van der Waals surface area contributed by atoms with E-state index >= 15 is 0 Å². The Kier molecular flexibility index (Phi) is 5.88. The molecule has 1 aromatic carbocycles. The van der Waals surface area contributed by atoms with E-state index in [2.05, 4.69) is 45.7 Å². The van der Waals surface area contributed by atoms with Crippen LogP contribution in [0.5, 0.6) is 5.75 Å². The smallest absolute Gasteiger partial charge is 0.328 e. The molecule has 98 valence electrons. The maximum absolute atomic E-state index is 10.5. The minimum absolute atomic E-state index is 0.440. The molecule has 0 aromatic heterocycles. The lowest BCUT2D eigenvalue weighted by atomic mass is 10.2. The quantitative estimate of drug-likeness (QED) is 0.776. The van der Waals surface area contributed by atoms with Gasteiger partial charge in [-0.2, -0.15) is 0 Å². The highest BCUT2D eigenvalue weighted by atomic mass is 79.9. The minimum Gasteiger partial charge on any atom is -0.491 e. The SMILES string of the molecule is CC(C)COc1c(Br)cc(/C=C/C(=O)O)cc1Br. The lowest BCUT2D eigenvalue weighted by molar-refractivity contribution is -0.131. The van der Waals surface area contributed by atoms with Gasteiger partial charge in [-0.1, -0.05) is 13.8 Å². The Hall–Kier alpha value is -0.810. The molecule has 18 heavy (non-hydrogen) atoms. The molecular weight excluding hydrogens is 364 g/mol. The van der Waals surface area contributed by atoms with Crippen LogP contribution >= 0.6 is 31.9 Å². The highest BCUT2D eigenvalue weighted by Crippen LogP contribution is 2.35. The fourth-order valence-corrected chi connectivity index (χ4v) is 2.68. The van der Waals surface area contributed by atoms with Crippen LogP contribution in [0.1, 0.15) is 19.4 Å². The average Bonchev–Trinajstić information content (AvgIpc) is 2.24. The van der Waals surface area contributed by atoms with Crippen molar-refractivity contribution in [2.75, 3.05) is 6.61 Å². The van der Waals surface area contributed by atoms with Gasteiger partial charge in [-0.15, -0.1) is 0 Å². The number of carboxylic acids is 1. The number of carbonyl (C=O) groups is 1. The Labute approximate surface area is 123 Å². The molecule has 1 rings (SSSR count). The maximum Gasteiger partial charge on any atom is 0.328 e. The van der Waals surface area contributed by atoms with Crippen LogP contribution in [0.3, 0.4) is 0 Å². The molecule has 0 aliphatic heterocycles. The molecular formula is C13H14Br2O3. The zero-order chi connectivity index (χ0) is 13.7. The number of carboxylic acid groups (broad SMARTS) is 1. The van der Waals surface area contributed by atoms with Gasteiger partial charge in [0, 0.05) is 6.08 Å². The van der Waals surface area contributed by atoms with Crippen LogP contribution in [0, 0.1) is 5.92 Å². The molecule has 0 aliphatic rings. The van der Waals surface area contributed by atoms with Gasteiger partial charge in [0.2, 0.25) is 0 Å². The van der Waals surface area contributed by atoms with E-state index in [9.17, 15) is 4.79 Å². The molecule has 3 nitrogen and oxygen atoms in total. The molecule has 0 spiro atoms. The van der Waals surface area contributed by atoms with Crippen LogP contribution in [0.15, 0.2) is 27.2 Å². The molecule has 0 heterocycles. The Morgan fingerprint density at radius 2 is 1.94 bits per heavy atom. The number of hydrogen-bond donors (Lipinski definition) is 1. The zero-order valence-corrected chi connectivity index (χ0v) is 13.3. The number of ether oxygens (including phenoxy) is 1. The van der Waals surface area contributed by atoms with E-state index in [1.807, 2.05) is 12.1 Å². The van der Waals surface area contributed by atoms with E-state index in [1.54, 1.807) is 0 Å². The number of hydrogen-bond acceptors (Lipinski definition) is 2. The molecule has 1 N–H and O–H groups in total. The summed E-state index contributed by atoms with van der Waals surface area (Å²) in [6.45, 7) is 4.78. The first-order valence-corrected chi connectivity index (χ1v) is 7.01. The van der Waals surface area contributed by atoms with Gasteiger partial charge in [-0.3, -0.25) is 0 Å². The monoisotopic (exact) mass is 376 g/mol. The zero-order valence-electron chi connectivity index (χ0n) is 10.1. The summed E-state index contributed by atoms with van der Waals surface area (Å²) in [6.07, 6.45) is 2.63. The van der Waals surface area contributed by atoms with Crippen molar-refractivity contribution in [3.63, 3.8) is 0 Å². The van der Waals surface area contributed by atoms with E-state index in [4.69, 9.17) is 9.84 Å². The standard InChI is InChI=1S/C13H14Br2O3/c1-8(2)7-18-13-10(14)5-9(6-11(13)15)3-4-12(16)17/h3-6,8H,7H2,1-2H3,(H,16,17)/b4-3+. The van der Waals surface area contributed by atoms with Gasteiger partial charge in [-0.25, -0.2) is 4.79 Å². The van der Waals surface area contributed by atoms with Crippen LogP contribution in [-0.2, 0) is 4.79 Å². The first kappa shape index (κ1) is 15.2. The summed E-state index contributed by atoms with van der Waals surface area (Å²) in [5.41, 5.74) is 0.785. The molecule has 0 unspecified atom stereocenters. The van der Waals surface area contributed by atoms with E-state index in [1.165, 1.54) is 6.08 Å². The van der Waals surface area contributed by atoms with Crippen molar-refractivity contribution < 1.29 is 14.6 Å². The molecule has 0 atom stereocenters. The van der Waals surface area contributed by atoms with Gasteiger partial charge in [0.25, 0.3) is 0 Å². The molecule has 1 aromatic rings.